The van der Waals surface area contributed by atoms with Gasteiger partial charge in [-0.2, -0.15) is 5.10 Å². The Balaban J connectivity index is 3.20. The summed E-state index contributed by atoms with van der Waals surface area (Å²) < 4.78 is 21.1. The number of hydrogen-bond donors (Lipinski definition) is 1. The molecule has 0 bridgehead atoms. The molecule has 0 aliphatic heterocycles. The van der Waals surface area contributed by atoms with Gasteiger partial charge in [0.25, 0.3) is 8.27 Å². The number of H-pyrrole nitrogens is 1. The van der Waals surface area contributed by atoms with Crippen molar-refractivity contribution in [2.75, 3.05) is 0 Å². The van der Waals surface area contributed by atoms with Crippen LogP contribution in [-0.2, 0) is 8.27 Å². The Labute approximate surface area is 59.4 Å². The van der Waals surface area contributed by atoms with Gasteiger partial charge in [-0.15, -0.1) is 0 Å². The first kappa shape index (κ1) is 6.76. The molecule has 0 amide bonds. The molecule has 1 aromatic heterocycles. The Morgan fingerprint density at radius 3 is 2.56 bits per heavy atom. The Morgan fingerprint density at radius 1 is 1.67 bits per heavy atom. The highest BCUT2D eigenvalue weighted by molar-refractivity contribution is 9.47. The molecular formula is C3H3BrN2O2S. The molecule has 9 heavy (non-hydrogen) atoms. The van der Waals surface area contributed by atoms with Crippen LogP contribution in [0.25, 0.3) is 0 Å². The molecule has 0 saturated heterocycles. The van der Waals surface area contributed by atoms with Crippen molar-refractivity contribution in [1.82, 2.24) is 10.2 Å². The summed E-state index contributed by atoms with van der Waals surface area (Å²) in [6.45, 7) is 0. The zero-order chi connectivity index (χ0) is 6.91. The number of nitrogens with zero attached hydrogens (tertiary/aromatic N) is 1. The molecule has 1 heterocycles. The zero-order valence-corrected chi connectivity index (χ0v) is 6.61. The SMILES string of the molecule is O=S(=O)(Br)c1ccn[nH]1. The normalized spacial score (nSPS) is 11.7. The molecule has 0 spiro atoms. The Morgan fingerprint density at radius 2 is 2.33 bits per heavy atom. The van der Waals surface area contributed by atoms with Gasteiger partial charge in [0.2, 0.25) is 0 Å². The summed E-state index contributed by atoms with van der Waals surface area (Å²) in [6.07, 6.45) is 1.37. The van der Waals surface area contributed by atoms with E-state index in [9.17, 15) is 8.42 Å². The van der Waals surface area contributed by atoms with Crippen LogP contribution in [0.4, 0.5) is 0 Å². The van der Waals surface area contributed by atoms with Gasteiger partial charge in [0.05, 0.1) is 21.0 Å². The minimum absolute atomic E-state index is 0.0718. The second-order valence-electron chi connectivity index (χ2n) is 1.36. The average molecular weight is 211 g/mol. The highest BCUT2D eigenvalue weighted by atomic mass is 79.9. The van der Waals surface area contributed by atoms with E-state index in [1.807, 2.05) is 0 Å². The van der Waals surface area contributed by atoms with Gasteiger partial charge < -0.3 is 0 Å². The average Bonchev–Trinajstić information content (AvgIpc) is 2.08. The molecule has 0 unspecified atom stereocenters. The monoisotopic (exact) mass is 210 g/mol. The zero-order valence-electron chi connectivity index (χ0n) is 4.20. The van der Waals surface area contributed by atoms with Crippen molar-refractivity contribution in [3.63, 3.8) is 0 Å². The maximum absolute atomic E-state index is 10.5. The predicted molar refractivity (Wildman–Crippen MR) is 34.7 cm³/mol. The number of nitrogens with one attached hydrogen (secondary N) is 1. The van der Waals surface area contributed by atoms with E-state index < -0.39 is 8.27 Å². The summed E-state index contributed by atoms with van der Waals surface area (Å²) in [6, 6.07) is 1.37. The van der Waals surface area contributed by atoms with Crippen molar-refractivity contribution in [3.05, 3.63) is 12.3 Å². The van der Waals surface area contributed by atoms with Crippen LogP contribution in [0.1, 0.15) is 0 Å². The van der Waals surface area contributed by atoms with E-state index >= 15 is 0 Å². The van der Waals surface area contributed by atoms with Gasteiger partial charge in [0.15, 0.2) is 5.03 Å². The lowest BCUT2D eigenvalue weighted by molar-refractivity contribution is 0.607. The lowest BCUT2D eigenvalue weighted by Crippen LogP contribution is -1.88. The maximum atomic E-state index is 10.5. The van der Waals surface area contributed by atoms with Gasteiger partial charge >= 0.3 is 0 Å². The molecule has 50 valence electrons. The second-order valence-corrected chi connectivity index (χ2v) is 5.23. The van der Waals surface area contributed by atoms with Gasteiger partial charge in [0.1, 0.15) is 0 Å². The third kappa shape index (κ3) is 1.52. The van der Waals surface area contributed by atoms with Crippen LogP contribution >= 0.6 is 14.8 Å². The fraction of sp³-hybridized carbons (Fsp3) is 0. The van der Waals surface area contributed by atoms with E-state index in [-0.39, 0.29) is 5.03 Å². The van der Waals surface area contributed by atoms with Gasteiger partial charge in [-0.1, -0.05) is 0 Å². The molecule has 0 fully saturated rings. The second kappa shape index (κ2) is 2.11. The largest absolute Gasteiger partial charge is 0.267 e. The molecule has 4 nitrogen and oxygen atoms in total. The predicted octanol–water partition coefficient (Wildman–Crippen LogP) is 0.493. The Bertz CT molecular complexity index is 277. The third-order valence-electron chi connectivity index (χ3n) is 0.738. The molecule has 1 rings (SSSR count). The van der Waals surface area contributed by atoms with E-state index in [1.165, 1.54) is 12.3 Å². The first-order chi connectivity index (χ1) is 4.11. The van der Waals surface area contributed by atoms with Crippen LogP contribution < -0.4 is 0 Å². The first-order valence-corrected chi connectivity index (χ1v) is 5.37. The van der Waals surface area contributed by atoms with E-state index in [2.05, 4.69) is 25.0 Å². The number of aromatic nitrogens is 2. The molecule has 1 N–H and O–H groups in total. The van der Waals surface area contributed by atoms with Crippen molar-refractivity contribution in [2.24, 2.45) is 0 Å². The molecule has 6 heteroatoms. The highest BCUT2D eigenvalue weighted by Gasteiger charge is 2.08. The standard InChI is InChI=1S/C3H3BrN2O2S/c4-9(7,8)3-1-2-5-6-3/h1-2H,(H,5,6). The van der Waals surface area contributed by atoms with Crippen molar-refractivity contribution >= 4 is 23.1 Å². The Hall–Kier alpha value is -0.360. The summed E-state index contributed by atoms with van der Waals surface area (Å²) in [5, 5.41) is 5.82. The first-order valence-electron chi connectivity index (χ1n) is 2.05. The van der Waals surface area contributed by atoms with E-state index in [1.54, 1.807) is 0 Å². The molecule has 0 aliphatic carbocycles. The smallest absolute Gasteiger partial charge is 0.254 e. The molecule has 0 aromatic carbocycles. The van der Waals surface area contributed by atoms with Gasteiger partial charge in [0, 0.05) is 0 Å². The number of halogens is 1. The molecule has 1 aromatic rings. The van der Waals surface area contributed by atoms with Crippen LogP contribution in [0.5, 0.6) is 0 Å². The third-order valence-corrected chi connectivity index (χ3v) is 2.54. The molecular weight excluding hydrogens is 208 g/mol. The lowest BCUT2D eigenvalue weighted by atomic mass is 10.8. The highest BCUT2D eigenvalue weighted by Crippen LogP contribution is 2.11. The van der Waals surface area contributed by atoms with Crippen molar-refractivity contribution in [3.8, 4) is 0 Å². The Kier molecular flexibility index (Phi) is 1.58. The molecule has 0 radical (unpaired) electrons. The molecule has 0 saturated carbocycles. The summed E-state index contributed by atoms with van der Waals surface area (Å²) in [7, 11) is -3.27. The van der Waals surface area contributed by atoms with Crippen LogP contribution in [0.15, 0.2) is 17.3 Å². The van der Waals surface area contributed by atoms with Gasteiger partial charge in [-0.25, -0.2) is 8.42 Å². The maximum Gasteiger partial charge on any atom is 0.254 e. The molecule has 0 aliphatic rings. The summed E-state index contributed by atoms with van der Waals surface area (Å²) in [5.74, 6) is 0. The van der Waals surface area contributed by atoms with Gasteiger partial charge in [-0.3, -0.25) is 5.10 Å². The number of aromatic amines is 1. The van der Waals surface area contributed by atoms with Crippen molar-refractivity contribution in [1.29, 1.82) is 0 Å². The fourth-order valence-corrected chi connectivity index (χ4v) is 1.30. The minimum Gasteiger partial charge on any atom is -0.267 e. The van der Waals surface area contributed by atoms with Crippen LogP contribution in [-0.4, -0.2) is 18.6 Å². The minimum atomic E-state index is -3.27. The summed E-state index contributed by atoms with van der Waals surface area (Å²) in [5.41, 5.74) is 0. The number of rotatable bonds is 1. The van der Waals surface area contributed by atoms with E-state index in [0.29, 0.717) is 0 Å². The summed E-state index contributed by atoms with van der Waals surface area (Å²) in [4.78, 5) is 0. The van der Waals surface area contributed by atoms with E-state index in [0.717, 1.165) is 0 Å². The van der Waals surface area contributed by atoms with Crippen molar-refractivity contribution in [2.45, 2.75) is 5.03 Å². The lowest BCUT2D eigenvalue weighted by Gasteiger charge is -1.83. The van der Waals surface area contributed by atoms with Crippen molar-refractivity contribution < 1.29 is 8.42 Å². The van der Waals surface area contributed by atoms with Gasteiger partial charge in [-0.05, 0) is 6.07 Å². The quantitative estimate of drug-likeness (QED) is 0.687. The van der Waals surface area contributed by atoms with Crippen LogP contribution in [0.2, 0.25) is 0 Å². The van der Waals surface area contributed by atoms with E-state index in [4.69, 9.17) is 0 Å². The van der Waals surface area contributed by atoms with Crippen LogP contribution in [0, 0.1) is 0 Å². The van der Waals surface area contributed by atoms with Crippen LogP contribution in [0.3, 0.4) is 0 Å². The number of hydrogen-bond acceptors (Lipinski definition) is 3. The molecule has 0 atom stereocenters. The fourth-order valence-electron chi connectivity index (χ4n) is 0.379. The topological polar surface area (TPSA) is 62.8 Å². The summed E-state index contributed by atoms with van der Waals surface area (Å²) >= 11 is 2.47.